The van der Waals surface area contributed by atoms with Gasteiger partial charge in [0.1, 0.15) is 0 Å². The lowest BCUT2D eigenvalue weighted by Gasteiger charge is -2.19. The van der Waals surface area contributed by atoms with Gasteiger partial charge in [0.25, 0.3) is 0 Å². The third-order valence-corrected chi connectivity index (χ3v) is 4.54. The van der Waals surface area contributed by atoms with Crippen molar-refractivity contribution in [2.75, 3.05) is 6.54 Å². The van der Waals surface area contributed by atoms with Gasteiger partial charge in [-0.1, -0.05) is 32.6 Å². The molecule has 1 aromatic heterocycles. The minimum absolute atomic E-state index is 0.458. The average molecular weight is 277 g/mol. The maximum absolute atomic E-state index is 4.69. The smallest absolute Gasteiger partial charge is 0.0640 e. The van der Waals surface area contributed by atoms with E-state index in [0.29, 0.717) is 12.1 Å². The highest BCUT2D eigenvalue weighted by Gasteiger charge is 2.18. The summed E-state index contributed by atoms with van der Waals surface area (Å²) in [5.41, 5.74) is 1.23. The number of hydrogen-bond acceptors (Lipinski definition) is 2. The molecule has 1 aliphatic rings. The molecule has 1 aliphatic carbocycles. The van der Waals surface area contributed by atoms with Crippen LogP contribution in [0.25, 0.3) is 0 Å². The molecule has 1 N–H and O–H groups in total. The molecule has 0 amide bonds. The van der Waals surface area contributed by atoms with E-state index >= 15 is 0 Å². The predicted molar refractivity (Wildman–Crippen MR) is 85.0 cm³/mol. The van der Waals surface area contributed by atoms with Crippen LogP contribution in [-0.4, -0.2) is 22.4 Å². The van der Waals surface area contributed by atoms with Crippen LogP contribution in [0.4, 0.5) is 0 Å². The molecule has 20 heavy (non-hydrogen) atoms. The van der Waals surface area contributed by atoms with Gasteiger partial charge in [-0.05, 0) is 45.2 Å². The molecule has 0 saturated heterocycles. The van der Waals surface area contributed by atoms with Gasteiger partial charge in [-0.3, -0.25) is 4.68 Å². The van der Waals surface area contributed by atoms with Gasteiger partial charge in [0.05, 0.1) is 5.69 Å². The Morgan fingerprint density at radius 2 is 2.10 bits per heavy atom. The molecular weight excluding hydrogens is 246 g/mol. The van der Waals surface area contributed by atoms with Crippen LogP contribution in [-0.2, 0) is 6.42 Å². The molecule has 0 bridgehead atoms. The zero-order valence-corrected chi connectivity index (χ0v) is 13.4. The number of aromatic nitrogens is 2. The molecule has 0 aliphatic heterocycles. The first-order valence-corrected chi connectivity index (χ1v) is 8.46. The molecule has 1 atom stereocenters. The van der Waals surface area contributed by atoms with Crippen molar-refractivity contribution in [3.05, 3.63) is 18.0 Å². The molecule has 0 spiro atoms. The Bertz CT molecular complexity index is 377. The highest BCUT2D eigenvalue weighted by Crippen LogP contribution is 2.29. The molecule has 3 heteroatoms. The summed E-state index contributed by atoms with van der Waals surface area (Å²) in [7, 11) is 0. The van der Waals surface area contributed by atoms with Crippen molar-refractivity contribution < 1.29 is 0 Å². The van der Waals surface area contributed by atoms with Crippen LogP contribution in [0.1, 0.15) is 71.0 Å². The molecule has 1 heterocycles. The lowest BCUT2D eigenvalue weighted by molar-refractivity contribution is 0.403. The number of likely N-dealkylation sites (N-methyl/N-ethyl adjacent to an activating group) is 1. The molecule has 2 rings (SSSR count). The van der Waals surface area contributed by atoms with Crippen LogP contribution < -0.4 is 5.32 Å². The molecule has 1 aromatic rings. The van der Waals surface area contributed by atoms with E-state index in [0.717, 1.165) is 18.9 Å². The molecule has 1 saturated carbocycles. The van der Waals surface area contributed by atoms with Gasteiger partial charge in [-0.25, -0.2) is 0 Å². The fourth-order valence-electron chi connectivity index (χ4n) is 3.33. The van der Waals surface area contributed by atoms with Crippen LogP contribution >= 0.6 is 0 Å². The molecule has 1 fully saturated rings. The zero-order chi connectivity index (χ0) is 14.4. The molecule has 3 nitrogen and oxygen atoms in total. The first-order chi connectivity index (χ1) is 9.69. The van der Waals surface area contributed by atoms with E-state index in [1.54, 1.807) is 0 Å². The van der Waals surface area contributed by atoms with E-state index in [1.807, 2.05) is 0 Å². The molecule has 0 aromatic carbocycles. The minimum Gasteiger partial charge on any atom is -0.314 e. The van der Waals surface area contributed by atoms with Crippen molar-refractivity contribution in [2.24, 2.45) is 5.92 Å². The molecule has 1 unspecified atom stereocenters. The Balaban J connectivity index is 1.83. The summed E-state index contributed by atoms with van der Waals surface area (Å²) in [6.45, 7) is 7.62. The lowest BCUT2D eigenvalue weighted by atomic mass is 9.96. The minimum atomic E-state index is 0.458. The van der Waals surface area contributed by atoms with Gasteiger partial charge in [0, 0.05) is 24.7 Å². The highest BCUT2D eigenvalue weighted by atomic mass is 15.3. The average Bonchev–Trinajstić information content (AvgIpc) is 3.07. The van der Waals surface area contributed by atoms with Gasteiger partial charge in [0.15, 0.2) is 0 Å². The van der Waals surface area contributed by atoms with Crippen molar-refractivity contribution in [3.8, 4) is 0 Å². The number of nitrogens with one attached hydrogen (secondary N) is 1. The monoisotopic (exact) mass is 277 g/mol. The fraction of sp³-hybridized carbons (Fsp3) is 0.824. The van der Waals surface area contributed by atoms with E-state index in [4.69, 9.17) is 0 Å². The van der Waals surface area contributed by atoms with Crippen molar-refractivity contribution in [1.82, 2.24) is 15.1 Å². The highest BCUT2D eigenvalue weighted by molar-refractivity contribution is 5.02. The Morgan fingerprint density at radius 1 is 1.35 bits per heavy atom. The van der Waals surface area contributed by atoms with Gasteiger partial charge in [-0.15, -0.1) is 0 Å². The van der Waals surface area contributed by atoms with Crippen molar-refractivity contribution >= 4 is 0 Å². The number of hydrogen-bond donors (Lipinski definition) is 1. The van der Waals surface area contributed by atoms with Crippen molar-refractivity contribution in [2.45, 2.75) is 77.8 Å². The van der Waals surface area contributed by atoms with Crippen LogP contribution in [0.5, 0.6) is 0 Å². The topological polar surface area (TPSA) is 29.9 Å². The quantitative estimate of drug-likeness (QED) is 0.779. The first-order valence-electron chi connectivity index (χ1n) is 8.46. The predicted octanol–water partition coefficient (Wildman–Crippen LogP) is 3.96. The van der Waals surface area contributed by atoms with E-state index in [9.17, 15) is 0 Å². The van der Waals surface area contributed by atoms with Crippen LogP contribution in [0, 0.1) is 5.92 Å². The maximum Gasteiger partial charge on any atom is 0.0640 e. The largest absolute Gasteiger partial charge is 0.314 e. The van der Waals surface area contributed by atoms with Gasteiger partial charge < -0.3 is 5.32 Å². The van der Waals surface area contributed by atoms with E-state index < -0.39 is 0 Å². The van der Waals surface area contributed by atoms with Crippen molar-refractivity contribution in [1.29, 1.82) is 0 Å². The Kier molecular flexibility index (Phi) is 6.08. The fourth-order valence-corrected chi connectivity index (χ4v) is 3.33. The maximum atomic E-state index is 4.69. The second kappa shape index (κ2) is 7.82. The second-order valence-electron chi connectivity index (χ2n) is 6.57. The zero-order valence-electron chi connectivity index (χ0n) is 13.4. The van der Waals surface area contributed by atoms with Gasteiger partial charge in [0.2, 0.25) is 0 Å². The third-order valence-electron chi connectivity index (χ3n) is 4.54. The summed E-state index contributed by atoms with van der Waals surface area (Å²) >= 11 is 0. The van der Waals surface area contributed by atoms with Crippen LogP contribution in [0.3, 0.4) is 0 Å². The molecule has 114 valence electrons. The van der Waals surface area contributed by atoms with E-state index in [-0.39, 0.29) is 0 Å². The van der Waals surface area contributed by atoms with Crippen LogP contribution in [0.2, 0.25) is 0 Å². The van der Waals surface area contributed by atoms with Gasteiger partial charge >= 0.3 is 0 Å². The normalized spacial score (nSPS) is 18.0. The summed E-state index contributed by atoms with van der Waals surface area (Å²) in [4.78, 5) is 0. The summed E-state index contributed by atoms with van der Waals surface area (Å²) in [5, 5.41) is 8.33. The summed E-state index contributed by atoms with van der Waals surface area (Å²) in [5.74, 6) is 0.990. The van der Waals surface area contributed by atoms with Gasteiger partial charge in [-0.2, -0.15) is 5.10 Å². The lowest BCUT2D eigenvalue weighted by Crippen LogP contribution is -2.31. The molecular formula is C17H31N3. The first kappa shape index (κ1) is 15.6. The Morgan fingerprint density at radius 3 is 2.70 bits per heavy atom. The standard InChI is InChI=1S/C17H31N3/c1-4-18-16(10-9-15-7-5-6-8-15)13-17-11-12-20(19-17)14(2)3/h11-12,14-16,18H,4-10,13H2,1-3H3. The summed E-state index contributed by atoms with van der Waals surface area (Å²) in [6.07, 6.45) is 11.7. The summed E-state index contributed by atoms with van der Waals surface area (Å²) < 4.78 is 2.06. The van der Waals surface area contributed by atoms with Crippen LogP contribution in [0.15, 0.2) is 12.3 Å². The third kappa shape index (κ3) is 4.62. The summed E-state index contributed by atoms with van der Waals surface area (Å²) in [6, 6.07) is 3.23. The Labute approximate surface area is 124 Å². The second-order valence-corrected chi connectivity index (χ2v) is 6.57. The number of nitrogens with zero attached hydrogens (tertiary/aromatic N) is 2. The SMILES string of the molecule is CCNC(CCC1CCCC1)Cc1ccn(C(C)C)n1. The van der Waals surface area contributed by atoms with E-state index in [2.05, 4.69) is 48.1 Å². The van der Waals surface area contributed by atoms with E-state index in [1.165, 1.54) is 44.2 Å². The van der Waals surface area contributed by atoms with Crippen molar-refractivity contribution in [3.63, 3.8) is 0 Å². The molecule has 0 radical (unpaired) electrons. The number of rotatable bonds is 8. The Hall–Kier alpha value is -0.830.